The number of piperazine rings is 1. The Morgan fingerprint density at radius 1 is 0.848 bits per heavy atom. The first-order valence-corrected chi connectivity index (χ1v) is 11.0. The van der Waals surface area contributed by atoms with Gasteiger partial charge in [-0.25, -0.2) is 9.97 Å². The van der Waals surface area contributed by atoms with Crippen LogP contribution in [0.25, 0.3) is 27.8 Å². The third-order valence-electron chi connectivity index (χ3n) is 6.26. The molecule has 0 atom stereocenters. The second kappa shape index (κ2) is 8.02. The number of hydrogen-bond acceptors (Lipinski definition) is 5. The Balaban J connectivity index is 1.43. The fraction of sp³-hybridized carbons (Fsp3) is 0.154. The lowest BCUT2D eigenvalue weighted by Gasteiger charge is -2.36. The summed E-state index contributed by atoms with van der Waals surface area (Å²) in [4.78, 5) is 31.6. The van der Waals surface area contributed by atoms with E-state index in [9.17, 15) is 4.79 Å². The van der Waals surface area contributed by atoms with E-state index in [1.54, 1.807) is 18.7 Å². The second-order valence-corrected chi connectivity index (χ2v) is 8.11. The van der Waals surface area contributed by atoms with Crippen molar-refractivity contribution in [3.05, 3.63) is 91.1 Å². The Labute approximate surface area is 191 Å². The van der Waals surface area contributed by atoms with Crippen molar-refractivity contribution < 1.29 is 4.79 Å². The van der Waals surface area contributed by atoms with Gasteiger partial charge in [-0.3, -0.25) is 9.78 Å². The number of anilines is 1. The summed E-state index contributed by atoms with van der Waals surface area (Å²) in [5.74, 6) is 0.0151. The molecule has 0 saturated carbocycles. The molecule has 7 nitrogen and oxygen atoms in total. The molecule has 1 fully saturated rings. The van der Waals surface area contributed by atoms with Gasteiger partial charge in [-0.05, 0) is 36.4 Å². The molecule has 1 saturated heterocycles. The van der Waals surface area contributed by atoms with Crippen molar-refractivity contribution in [1.82, 2.24) is 24.3 Å². The molecule has 5 aromatic rings. The molecule has 0 unspecified atom stereocenters. The van der Waals surface area contributed by atoms with Gasteiger partial charge in [-0.2, -0.15) is 0 Å². The molecule has 0 N–H and O–H groups in total. The number of nitrogens with zero attached hydrogens (tertiary/aromatic N) is 6. The van der Waals surface area contributed by atoms with Crippen LogP contribution in [0, 0.1) is 0 Å². The van der Waals surface area contributed by atoms with Crippen LogP contribution in [0.4, 0.5) is 5.69 Å². The van der Waals surface area contributed by atoms with Crippen molar-refractivity contribution in [2.45, 2.75) is 0 Å². The molecule has 0 aliphatic carbocycles. The number of benzene rings is 1. The quantitative estimate of drug-likeness (QED) is 0.431. The van der Waals surface area contributed by atoms with Gasteiger partial charge in [-0.15, -0.1) is 0 Å². The van der Waals surface area contributed by atoms with E-state index >= 15 is 0 Å². The van der Waals surface area contributed by atoms with Crippen LogP contribution in [0.3, 0.4) is 0 Å². The van der Waals surface area contributed by atoms with E-state index in [2.05, 4.69) is 32.0 Å². The van der Waals surface area contributed by atoms with Crippen molar-refractivity contribution in [3.63, 3.8) is 0 Å². The molecular formula is C26H22N6O. The molecule has 0 bridgehead atoms. The largest absolute Gasteiger partial charge is 0.368 e. The average Bonchev–Trinajstić information content (AvgIpc) is 3.24. The first-order valence-electron chi connectivity index (χ1n) is 11.0. The van der Waals surface area contributed by atoms with E-state index in [-0.39, 0.29) is 5.91 Å². The van der Waals surface area contributed by atoms with E-state index in [4.69, 9.17) is 0 Å². The summed E-state index contributed by atoms with van der Waals surface area (Å²) in [5, 5.41) is 0.771. The molecule has 162 valence electrons. The molecule has 4 aromatic heterocycles. The van der Waals surface area contributed by atoms with Crippen molar-refractivity contribution in [3.8, 4) is 11.3 Å². The molecule has 5 heterocycles. The molecule has 1 aromatic carbocycles. The number of pyridine rings is 2. The maximum atomic E-state index is 13.9. The number of carbonyl (C=O) groups is 1. The summed E-state index contributed by atoms with van der Waals surface area (Å²) in [6.07, 6.45) is 7.01. The van der Waals surface area contributed by atoms with Crippen molar-refractivity contribution in [2.75, 3.05) is 31.1 Å². The van der Waals surface area contributed by atoms with Gasteiger partial charge in [0, 0.05) is 56.0 Å². The van der Waals surface area contributed by atoms with Gasteiger partial charge in [0.25, 0.3) is 5.91 Å². The Bertz CT molecular complexity index is 1440. The summed E-state index contributed by atoms with van der Waals surface area (Å²) in [5.41, 5.74) is 5.00. The predicted octanol–water partition coefficient (Wildman–Crippen LogP) is 3.91. The van der Waals surface area contributed by atoms with Crippen molar-refractivity contribution in [1.29, 1.82) is 0 Å². The van der Waals surface area contributed by atoms with Gasteiger partial charge in [0.1, 0.15) is 12.0 Å². The maximum absolute atomic E-state index is 13.9. The van der Waals surface area contributed by atoms with E-state index in [1.807, 2.05) is 64.0 Å². The third-order valence-corrected chi connectivity index (χ3v) is 6.26. The third kappa shape index (κ3) is 3.29. The minimum Gasteiger partial charge on any atom is -0.368 e. The minimum atomic E-state index is 0.0151. The smallest absolute Gasteiger partial charge is 0.256 e. The molecular weight excluding hydrogens is 412 g/mol. The van der Waals surface area contributed by atoms with Crippen molar-refractivity contribution in [2.24, 2.45) is 0 Å². The Kier molecular flexibility index (Phi) is 4.72. The maximum Gasteiger partial charge on any atom is 0.256 e. The van der Waals surface area contributed by atoms with Crippen LogP contribution >= 0.6 is 0 Å². The lowest BCUT2D eigenvalue weighted by molar-refractivity contribution is 0.0750. The number of carbonyl (C=O) groups excluding carboxylic acids is 1. The van der Waals surface area contributed by atoms with E-state index in [1.165, 1.54) is 5.69 Å². The van der Waals surface area contributed by atoms with Crippen LogP contribution in [-0.2, 0) is 0 Å². The van der Waals surface area contributed by atoms with Gasteiger partial charge < -0.3 is 14.2 Å². The number of hydrogen-bond donors (Lipinski definition) is 0. The van der Waals surface area contributed by atoms with E-state index in [0.717, 1.165) is 40.9 Å². The summed E-state index contributed by atoms with van der Waals surface area (Å²) in [7, 11) is 0. The van der Waals surface area contributed by atoms with Gasteiger partial charge in [-0.1, -0.05) is 24.3 Å². The summed E-state index contributed by atoms with van der Waals surface area (Å²) < 4.78 is 1.98. The van der Waals surface area contributed by atoms with Gasteiger partial charge in [0.05, 0.1) is 22.2 Å². The van der Waals surface area contributed by atoms with E-state index < -0.39 is 0 Å². The highest BCUT2D eigenvalue weighted by atomic mass is 16.2. The van der Waals surface area contributed by atoms with Crippen LogP contribution in [0.15, 0.2) is 85.6 Å². The number of rotatable bonds is 3. The lowest BCUT2D eigenvalue weighted by Crippen LogP contribution is -2.48. The SMILES string of the molecule is O=C(c1c2c(-c3cccnc3)ncnc2n2ccccc12)N1CCN(c2ccccc2)CC1. The second-order valence-electron chi connectivity index (χ2n) is 8.11. The fourth-order valence-electron chi connectivity index (χ4n) is 4.65. The van der Waals surface area contributed by atoms with Crippen molar-refractivity contribution >= 4 is 28.1 Å². The zero-order valence-electron chi connectivity index (χ0n) is 18.0. The van der Waals surface area contributed by atoms with Gasteiger partial charge in [0.2, 0.25) is 0 Å². The minimum absolute atomic E-state index is 0.0151. The molecule has 6 rings (SSSR count). The van der Waals surface area contributed by atoms with Crippen LogP contribution in [0.5, 0.6) is 0 Å². The van der Waals surface area contributed by atoms with Gasteiger partial charge in [0.15, 0.2) is 0 Å². The highest BCUT2D eigenvalue weighted by molar-refractivity contribution is 6.16. The monoisotopic (exact) mass is 434 g/mol. The highest BCUT2D eigenvalue weighted by Gasteiger charge is 2.28. The molecule has 1 aliphatic rings. The zero-order valence-corrected chi connectivity index (χ0v) is 18.0. The predicted molar refractivity (Wildman–Crippen MR) is 128 cm³/mol. The molecule has 33 heavy (non-hydrogen) atoms. The normalized spacial score (nSPS) is 14.2. The molecule has 0 spiro atoms. The number of aromatic nitrogens is 4. The Morgan fingerprint density at radius 2 is 1.67 bits per heavy atom. The first-order chi connectivity index (χ1) is 16.3. The standard InChI is InChI=1S/C26H22N6O/c33-26(31-15-13-30(14-16-31)20-8-2-1-3-9-20)22-21-10-4-5-12-32(21)25-23(22)24(28-18-29-25)19-7-6-11-27-17-19/h1-12,17-18H,13-16H2. The lowest BCUT2D eigenvalue weighted by atomic mass is 10.1. The van der Waals surface area contributed by atoms with Crippen LogP contribution < -0.4 is 4.90 Å². The number of amides is 1. The van der Waals surface area contributed by atoms with Crippen LogP contribution in [-0.4, -0.2) is 56.3 Å². The summed E-state index contributed by atoms with van der Waals surface area (Å²) in [6, 6.07) is 20.1. The van der Waals surface area contributed by atoms with Crippen LogP contribution in [0.2, 0.25) is 0 Å². The molecule has 0 radical (unpaired) electrons. The summed E-state index contributed by atoms with van der Waals surface area (Å²) >= 11 is 0. The first kappa shape index (κ1) is 19.4. The number of para-hydroxylation sites is 1. The molecule has 7 heteroatoms. The van der Waals surface area contributed by atoms with Gasteiger partial charge >= 0.3 is 0 Å². The van der Waals surface area contributed by atoms with Crippen LogP contribution in [0.1, 0.15) is 10.4 Å². The molecule has 1 amide bonds. The van der Waals surface area contributed by atoms with E-state index in [0.29, 0.717) is 18.7 Å². The fourth-order valence-corrected chi connectivity index (χ4v) is 4.65. The topological polar surface area (TPSA) is 66.6 Å². The zero-order chi connectivity index (χ0) is 22.2. The number of fused-ring (bicyclic) bond motifs is 3. The Morgan fingerprint density at radius 3 is 2.45 bits per heavy atom. The average molecular weight is 435 g/mol. The highest BCUT2D eigenvalue weighted by Crippen LogP contribution is 2.33. The Hall–Kier alpha value is -4.26. The molecule has 1 aliphatic heterocycles. The summed E-state index contributed by atoms with van der Waals surface area (Å²) in [6.45, 7) is 2.92.